The van der Waals surface area contributed by atoms with E-state index in [1.165, 1.54) is 46.4 Å². The van der Waals surface area contributed by atoms with Crippen molar-refractivity contribution in [2.24, 2.45) is 7.05 Å². The van der Waals surface area contributed by atoms with Crippen LogP contribution in [0.2, 0.25) is 10.0 Å². The fourth-order valence-electron chi connectivity index (χ4n) is 2.94. The summed E-state index contributed by atoms with van der Waals surface area (Å²) >= 11 is 13.9. The van der Waals surface area contributed by atoms with Gasteiger partial charge in [0.25, 0.3) is 0 Å². The zero-order valence-corrected chi connectivity index (χ0v) is 17.5. The molecular formula is C20H11Cl2F4N3S. The lowest BCUT2D eigenvalue weighted by molar-refractivity contribution is -0.137. The number of aromatic nitrogens is 3. The molecule has 2 aromatic heterocycles. The Hall–Kier alpha value is -2.42. The van der Waals surface area contributed by atoms with Gasteiger partial charge in [0.15, 0.2) is 11.6 Å². The van der Waals surface area contributed by atoms with Crippen LogP contribution in [0.3, 0.4) is 0 Å². The predicted octanol–water partition coefficient (Wildman–Crippen LogP) is 7.34. The third kappa shape index (κ3) is 3.71. The Morgan fingerprint density at radius 3 is 2.37 bits per heavy atom. The molecule has 0 atom stereocenters. The third-order valence-electron chi connectivity index (χ3n) is 4.40. The average molecular weight is 472 g/mol. The second-order valence-corrected chi connectivity index (χ2v) is 8.01. The first-order valence-corrected chi connectivity index (χ1v) is 10.1. The van der Waals surface area contributed by atoms with E-state index in [0.29, 0.717) is 26.9 Å². The van der Waals surface area contributed by atoms with E-state index in [1.54, 1.807) is 12.4 Å². The lowest BCUT2D eigenvalue weighted by Crippen LogP contribution is -2.03. The second-order valence-electron chi connectivity index (χ2n) is 6.35. The largest absolute Gasteiger partial charge is 0.416 e. The van der Waals surface area contributed by atoms with Gasteiger partial charge in [0.05, 0.1) is 26.0 Å². The number of alkyl halides is 3. The molecular weight excluding hydrogens is 461 g/mol. The Morgan fingerprint density at radius 2 is 1.73 bits per heavy atom. The molecule has 154 valence electrons. The predicted molar refractivity (Wildman–Crippen MR) is 110 cm³/mol. The Balaban J connectivity index is 1.74. The Bertz CT molecular complexity index is 1210. The van der Waals surface area contributed by atoms with Crippen LogP contribution in [0.15, 0.2) is 47.8 Å². The van der Waals surface area contributed by atoms with Crippen molar-refractivity contribution in [2.45, 2.75) is 6.18 Å². The van der Waals surface area contributed by atoms with Gasteiger partial charge in [-0.05, 0) is 29.8 Å². The summed E-state index contributed by atoms with van der Waals surface area (Å²) in [7, 11) is 1.63. The molecule has 0 aliphatic rings. The van der Waals surface area contributed by atoms with Gasteiger partial charge in [-0.15, -0.1) is 11.3 Å². The van der Waals surface area contributed by atoms with Crippen molar-refractivity contribution in [3.8, 4) is 33.2 Å². The van der Waals surface area contributed by atoms with E-state index in [1.807, 2.05) is 0 Å². The third-order valence-corrected chi connectivity index (χ3v) is 6.24. The molecule has 0 unspecified atom stereocenters. The van der Waals surface area contributed by atoms with Gasteiger partial charge in [0.2, 0.25) is 0 Å². The molecule has 2 heterocycles. The summed E-state index contributed by atoms with van der Waals surface area (Å²) in [5, 5.41) is 6.47. The van der Waals surface area contributed by atoms with Crippen LogP contribution in [0.4, 0.5) is 17.6 Å². The van der Waals surface area contributed by atoms with E-state index in [9.17, 15) is 17.6 Å². The lowest BCUT2D eigenvalue weighted by atomic mass is 10.1. The highest BCUT2D eigenvalue weighted by Crippen LogP contribution is 2.42. The maximum absolute atomic E-state index is 14.2. The molecule has 0 fully saturated rings. The average Bonchev–Trinajstić information content (AvgIpc) is 3.23. The molecule has 30 heavy (non-hydrogen) atoms. The van der Waals surface area contributed by atoms with Crippen molar-refractivity contribution in [1.29, 1.82) is 0 Å². The summed E-state index contributed by atoms with van der Waals surface area (Å²) in [6.07, 6.45) is -4.41. The molecule has 0 aliphatic heterocycles. The van der Waals surface area contributed by atoms with Crippen LogP contribution in [-0.4, -0.2) is 14.8 Å². The highest BCUT2D eigenvalue weighted by Gasteiger charge is 2.30. The molecule has 0 radical (unpaired) electrons. The minimum absolute atomic E-state index is 0.0790. The van der Waals surface area contributed by atoms with Gasteiger partial charge in [0, 0.05) is 18.0 Å². The second kappa shape index (κ2) is 7.68. The molecule has 0 saturated heterocycles. The monoisotopic (exact) mass is 471 g/mol. The summed E-state index contributed by atoms with van der Waals surface area (Å²) in [6.45, 7) is 0. The zero-order valence-electron chi connectivity index (χ0n) is 15.1. The standard InChI is InChI=1S/C20H11Cl2F4N3S/c1-29-19(27-18(28-29)15-13(21)3-2-4-14(15)23)12-9-30-17(16(12)22)10-5-7-11(8-6-10)20(24,25)26/h2-9H,1H3. The van der Waals surface area contributed by atoms with Gasteiger partial charge in [-0.25, -0.2) is 14.1 Å². The summed E-state index contributed by atoms with van der Waals surface area (Å²) in [6, 6.07) is 9.03. The van der Waals surface area contributed by atoms with Gasteiger partial charge in [0.1, 0.15) is 5.82 Å². The summed E-state index contributed by atoms with van der Waals surface area (Å²) in [4.78, 5) is 4.98. The van der Waals surface area contributed by atoms with Crippen molar-refractivity contribution in [1.82, 2.24) is 14.8 Å². The van der Waals surface area contributed by atoms with Crippen LogP contribution >= 0.6 is 34.5 Å². The van der Waals surface area contributed by atoms with E-state index in [0.717, 1.165) is 12.1 Å². The van der Waals surface area contributed by atoms with Gasteiger partial charge in [-0.2, -0.15) is 18.3 Å². The summed E-state index contributed by atoms with van der Waals surface area (Å²) in [5.74, 6) is -0.0702. The van der Waals surface area contributed by atoms with Crippen molar-refractivity contribution in [3.05, 3.63) is 69.3 Å². The molecule has 0 bridgehead atoms. The van der Waals surface area contributed by atoms with Gasteiger partial charge in [-0.1, -0.05) is 41.4 Å². The van der Waals surface area contributed by atoms with E-state index >= 15 is 0 Å². The highest BCUT2D eigenvalue weighted by molar-refractivity contribution is 7.14. The topological polar surface area (TPSA) is 30.7 Å². The molecule has 0 aliphatic carbocycles. The minimum Gasteiger partial charge on any atom is -0.248 e. The van der Waals surface area contributed by atoms with Crippen LogP contribution in [0.25, 0.3) is 33.2 Å². The Morgan fingerprint density at radius 1 is 1.03 bits per heavy atom. The van der Waals surface area contributed by atoms with Crippen LogP contribution in [0.5, 0.6) is 0 Å². The van der Waals surface area contributed by atoms with Crippen LogP contribution in [-0.2, 0) is 13.2 Å². The van der Waals surface area contributed by atoms with Crippen LogP contribution in [0.1, 0.15) is 5.56 Å². The number of hydrogen-bond acceptors (Lipinski definition) is 3. The van der Waals surface area contributed by atoms with E-state index in [-0.39, 0.29) is 16.4 Å². The van der Waals surface area contributed by atoms with Gasteiger partial charge >= 0.3 is 6.18 Å². The Kier molecular flexibility index (Phi) is 5.34. The lowest BCUT2D eigenvalue weighted by Gasteiger charge is -2.07. The first-order valence-electron chi connectivity index (χ1n) is 8.47. The molecule has 0 amide bonds. The summed E-state index contributed by atoms with van der Waals surface area (Å²) < 4.78 is 54.0. The van der Waals surface area contributed by atoms with Gasteiger partial charge < -0.3 is 0 Å². The van der Waals surface area contributed by atoms with Gasteiger partial charge in [-0.3, -0.25) is 0 Å². The zero-order chi connectivity index (χ0) is 21.6. The van der Waals surface area contributed by atoms with Crippen molar-refractivity contribution >= 4 is 34.5 Å². The van der Waals surface area contributed by atoms with E-state index in [2.05, 4.69) is 10.1 Å². The molecule has 0 saturated carbocycles. The maximum atomic E-state index is 14.2. The number of benzene rings is 2. The fourth-order valence-corrected chi connectivity index (χ4v) is 4.57. The molecule has 10 heteroatoms. The molecule has 0 spiro atoms. The van der Waals surface area contributed by atoms with Crippen LogP contribution in [0, 0.1) is 5.82 Å². The highest BCUT2D eigenvalue weighted by atomic mass is 35.5. The Labute approximate surface area is 182 Å². The van der Waals surface area contributed by atoms with Crippen LogP contribution < -0.4 is 0 Å². The first-order chi connectivity index (χ1) is 14.2. The maximum Gasteiger partial charge on any atom is 0.416 e. The SMILES string of the molecule is Cn1nc(-c2c(F)cccc2Cl)nc1-c1csc(-c2ccc(C(F)(F)F)cc2)c1Cl. The number of thiophene rings is 1. The van der Waals surface area contributed by atoms with Crippen molar-refractivity contribution in [3.63, 3.8) is 0 Å². The molecule has 3 nitrogen and oxygen atoms in total. The van der Waals surface area contributed by atoms with E-state index < -0.39 is 17.6 Å². The quantitative estimate of drug-likeness (QED) is 0.292. The van der Waals surface area contributed by atoms with E-state index in [4.69, 9.17) is 23.2 Å². The first kappa shape index (κ1) is 20.8. The molecule has 2 aromatic carbocycles. The molecule has 4 aromatic rings. The van der Waals surface area contributed by atoms with Crippen molar-refractivity contribution in [2.75, 3.05) is 0 Å². The minimum atomic E-state index is -4.41. The summed E-state index contributed by atoms with van der Waals surface area (Å²) in [5.41, 5.74) is 0.420. The molecule has 4 rings (SSSR count). The fraction of sp³-hybridized carbons (Fsp3) is 0.100. The number of halogens is 6. The molecule has 0 N–H and O–H groups in total. The number of aryl methyl sites for hydroxylation is 1. The number of hydrogen-bond donors (Lipinski definition) is 0. The number of rotatable bonds is 3. The smallest absolute Gasteiger partial charge is 0.248 e. The normalized spacial score (nSPS) is 11.8. The van der Waals surface area contributed by atoms with Crippen molar-refractivity contribution < 1.29 is 17.6 Å². The number of nitrogens with zero attached hydrogens (tertiary/aromatic N) is 3.